The lowest BCUT2D eigenvalue weighted by Crippen LogP contribution is -2.51. The summed E-state index contributed by atoms with van der Waals surface area (Å²) in [5.41, 5.74) is 1.36. The maximum Gasteiger partial charge on any atom is 0.0367 e. The van der Waals surface area contributed by atoms with Gasteiger partial charge in [-0.3, -0.25) is 4.90 Å². The van der Waals surface area contributed by atoms with Crippen molar-refractivity contribution in [2.24, 2.45) is 5.92 Å². The molecule has 1 aromatic carbocycles. The second kappa shape index (κ2) is 7.65. The van der Waals surface area contributed by atoms with E-state index in [1.165, 1.54) is 31.7 Å². The third kappa shape index (κ3) is 3.97. The average Bonchev–Trinajstić information content (AvgIpc) is 2.53. The normalized spacial score (nSPS) is 19.9. The predicted octanol–water partition coefficient (Wildman–Crippen LogP) is 2.44. The Morgan fingerprint density at radius 3 is 2.30 bits per heavy atom. The molecule has 2 rings (SSSR count). The molecule has 3 nitrogen and oxygen atoms in total. The second-order valence-corrected chi connectivity index (χ2v) is 5.90. The summed E-state index contributed by atoms with van der Waals surface area (Å²) in [6.45, 7) is 10.4. The van der Waals surface area contributed by atoms with Gasteiger partial charge in [-0.15, -0.1) is 0 Å². The van der Waals surface area contributed by atoms with E-state index < -0.39 is 0 Å². The van der Waals surface area contributed by atoms with Gasteiger partial charge in [0.1, 0.15) is 0 Å². The number of nitrogens with one attached hydrogen (secondary N) is 1. The molecular formula is C17H29N3. The lowest BCUT2D eigenvalue weighted by atomic mass is 9.98. The third-order valence-electron chi connectivity index (χ3n) is 4.65. The van der Waals surface area contributed by atoms with E-state index >= 15 is 0 Å². The minimum absolute atomic E-state index is 0.614. The Labute approximate surface area is 124 Å². The van der Waals surface area contributed by atoms with Gasteiger partial charge in [0.15, 0.2) is 0 Å². The highest BCUT2D eigenvalue weighted by molar-refractivity contribution is 5.46. The molecule has 1 N–H and O–H groups in total. The zero-order valence-corrected chi connectivity index (χ0v) is 13.2. The highest BCUT2D eigenvalue weighted by Crippen LogP contribution is 2.16. The first-order chi connectivity index (χ1) is 9.74. The topological polar surface area (TPSA) is 18.5 Å². The molecule has 1 aliphatic rings. The van der Waals surface area contributed by atoms with E-state index in [4.69, 9.17) is 0 Å². The van der Waals surface area contributed by atoms with Crippen molar-refractivity contribution in [2.75, 3.05) is 44.7 Å². The van der Waals surface area contributed by atoms with Crippen LogP contribution in [-0.4, -0.2) is 50.7 Å². The zero-order chi connectivity index (χ0) is 14.4. The first kappa shape index (κ1) is 15.3. The minimum Gasteiger partial charge on any atom is -0.369 e. The van der Waals surface area contributed by atoms with Crippen molar-refractivity contribution in [2.45, 2.75) is 26.3 Å². The van der Waals surface area contributed by atoms with Gasteiger partial charge < -0.3 is 10.2 Å². The van der Waals surface area contributed by atoms with Crippen molar-refractivity contribution < 1.29 is 0 Å². The van der Waals surface area contributed by atoms with E-state index in [2.05, 4.69) is 66.3 Å². The quantitative estimate of drug-likeness (QED) is 0.860. The van der Waals surface area contributed by atoms with Crippen LogP contribution in [0.5, 0.6) is 0 Å². The van der Waals surface area contributed by atoms with Crippen molar-refractivity contribution in [3.8, 4) is 0 Å². The molecule has 2 unspecified atom stereocenters. The summed E-state index contributed by atoms with van der Waals surface area (Å²) in [7, 11) is 2.09. The first-order valence-corrected chi connectivity index (χ1v) is 7.94. The lowest BCUT2D eigenvalue weighted by Gasteiger charge is -2.38. The molecular weight excluding hydrogens is 246 g/mol. The summed E-state index contributed by atoms with van der Waals surface area (Å²) in [6, 6.07) is 11.4. The van der Waals surface area contributed by atoms with E-state index in [9.17, 15) is 0 Å². The summed E-state index contributed by atoms with van der Waals surface area (Å²) in [5.74, 6) is 0.743. The van der Waals surface area contributed by atoms with E-state index in [0.717, 1.165) is 19.0 Å². The number of para-hydroxylation sites is 1. The number of likely N-dealkylation sites (N-methyl/N-ethyl adjacent to an activating group) is 1. The largest absolute Gasteiger partial charge is 0.369 e. The molecule has 0 radical (unpaired) electrons. The van der Waals surface area contributed by atoms with Gasteiger partial charge in [0.25, 0.3) is 0 Å². The Balaban J connectivity index is 1.82. The van der Waals surface area contributed by atoms with Crippen LogP contribution in [0.1, 0.15) is 20.3 Å². The molecule has 0 aromatic heterocycles. The van der Waals surface area contributed by atoms with Gasteiger partial charge in [-0.25, -0.2) is 0 Å². The van der Waals surface area contributed by atoms with Crippen LogP contribution in [0.4, 0.5) is 5.69 Å². The van der Waals surface area contributed by atoms with Crippen LogP contribution in [0.25, 0.3) is 0 Å². The van der Waals surface area contributed by atoms with Crippen LogP contribution < -0.4 is 10.2 Å². The Morgan fingerprint density at radius 1 is 1.10 bits per heavy atom. The van der Waals surface area contributed by atoms with Crippen molar-refractivity contribution in [3.05, 3.63) is 30.3 Å². The first-order valence-electron chi connectivity index (χ1n) is 7.94. The fourth-order valence-corrected chi connectivity index (χ4v) is 2.95. The maximum atomic E-state index is 3.49. The molecule has 3 heteroatoms. The summed E-state index contributed by atoms with van der Waals surface area (Å²) >= 11 is 0. The van der Waals surface area contributed by atoms with Gasteiger partial charge in [0.2, 0.25) is 0 Å². The van der Waals surface area contributed by atoms with Gasteiger partial charge in [0, 0.05) is 44.5 Å². The smallest absolute Gasteiger partial charge is 0.0367 e. The standard InChI is InChI=1S/C17H29N3/c1-4-15(2)17(18-3)14-19-10-12-20(13-11-19)16-8-6-5-7-9-16/h5-9,15,17-18H,4,10-14H2,1-3H3. The molecule has 0 spiro atoms. The number of rotatable bonds is 6. The molecule has 2 atom stereocenters. The van der Waals surface area contributed by atoms with Gasteiger partial charge in [0.05, 0.1) is 0 Å². The van der Waals surface area contributed by atoms with Gasteiger partial charge in [-0.2, -0.15) is 0 Å². The van der Waals surface area contributed by atoms with Crippen LogP contribution in [0.15, 0.2) is 30.3 Å². The average molecular weight is 275 g/mol. The summed E-state index contributed by atoms with van der Waals surface area (Å²) in [6.07, 6.45) is 1.25. The fourth-order valence-electron chi connectivity index (χ4n) is 2.95. The predicted molar refractivity (Wildman–Crippen MR) is 87.4 cm³/mol. The van der Waals surface area contributed by atoms with Crippen molar-refractivity contribution >= 4 is 5.69 Å². The highest BCUT2D eigenvalue weighted by Gasteiger charge is 2.21. The second-order valence-electron chi connectivity index (χ2n) is 5.90. The highest BCUT2D eigenvalue weighted by atomic mass is 15.3. The van der Waals surface area contributed by atoms with Gasteiger partial charge in [-0.05, 0) is 25.1 Å². The maximum absolute atomic E-state index is 3.49. The SMILES string of the molecule is CCC(C)C(CN1CCN(c2ccccc2)CC1)NC. The molecule has 0 bridgehead atoms. The molecule has 1 aromatic rings. The zero-order valence-electron chi connectivity index (χ0n) is 13.2. The molecule has 1 saturated heterocycles. The van der Waals surface area contributed by atoms with Crippen LogP contribution in [0.3, 0.4) is 0 Å². The molecule has 0 aliphatic carbocycles. The Bertz CT molecular complexity index is 371. The summed E-state index contributed by atoms with van der Waals surface area (Å²) in [5, 5.41) is 3.49. The molecule has 1 heterocycles. The number of nitrogens with zero attached hydrogens (tertiary/aromatic N) is 2. The minimum atomic E-state index is 0.614. The van der Waals surface area contributed by atoms with Gasteiger partial charge in [-0.1, -0.05) is 38.5 Å². The number of hydrogen-bond donors (Lipinski definition) is 1. The van der Waals surface area contributed by atoms with E-state index in [1.54, 1.807) is 0 Å². The van der Waals surface area contributed by atoms with E-state index in [-0.39, 0.29) is 0 Å². The van der Waals surface area contributed by atoms with Crippen molar-refractivity contribution in [1.29, 1.82) is 0 Å². The number of hydrogen-bond acceptors (Lipinski definition) is 3. The van der Waals surface area contributed by atoms with Crippen molar-refractivity contribution in [3.63, 3.8) is 0 Å². The van der Waals surface area contributed by atoms with Crippen LogP contribution in [0.2, 0.25) is 0 Å². The molecule has 1 aliphatic heterocycles. The van der Waals surface area contributed by atoms with Crippen LogP contribution >= 0.6 is 0 Å². The number of piperazine rings is 1. The van der Waals surface area contributed by atoms with E-state index in [0.29, 0.717) is 6.04 Å². The Morgan fingerprint density at radius 2 is 1.75 bits per heavy atom. The number of anilines is 1. The molecule has 20 heavy (non-hydrogen) atoms. The monoisotopic (exact) mass is 275 g/mol. The van der Waals surface area contributed by atoms with Crippen LogP contribution in [0, 0.1) is 5.92 Å². The Kier molecular flexibility index (Phi) is 5.86. The molecule has 1 fully saturated rings. The Hall–Kier alpha value is -1.06. The summed E-state index contributed by atoms with van der Waals surface area (Å²) in [4.78, 5) is 5.10. The van der Waals surface area contributed by atoms with Crippen LogP contribution in [-0.2, 0) is 0 Å². The third-order valence-corrected chi connectivity index (χ3v) is 4.65. The van der Waals surface area contributed by atoms with Crippen molar-refractivity contribution in [1.82, 2.24) is 10.2 Å². The summed E-state index contributed by atoms with van der Waals surface area (Å²) < 4.78 is 0. The molecule has 0 saturated carbocycles. The molecule has 112 valence electrons. The lowest BCUT2D eigenvalue weighted by molar-refractivity contribution is 0.206. The number of benzene rings is 1. The van der Waals surface area contributed by atoms with E-state index in [1.807, 2.05) is 0 Å². The fraction of sp³-hybridized carbons (Fsp3) is 0.647. The van der Waals surface area contributed by atoms with Gasteiger partial charge >= 0.3 is 0 Å². The molecule has 0 amide bonds.